The van der Waals surface area contributed by atoms with Gasteiger partial charge in [-0.2, -0.15) is 4.98 Å². The SMILES string of the molecule is CCn1c(C)cc(C(=O)N2CCC(c3nc(N(C)C)no3)CC2)c1C. The van der Waals surface area contributed by atoms with Crippen molar-refractivity contribution < 1.29 is 9.32 Å². The largest absolute Gasteiger partial charge is 0.349 e. The molecule has 0 radical (unpaired) electrons. The number of amides is 1. The fourth-order valence-electron chi connectivity index (χ4n) is 3.58. The summed E-state index contributed by atoms with van der Waals surface area (Å²) in [5, 5.41) is 3.98. The summed E-state index contributed by atoms with van der Waals surface area (Å²) in [7, 11) is 3.78. The van der Waals surface area contributed by atoms with Crippen LogP contribution in [0.3, 0.4) is 0 Å². The second-order valence-electron chi connectivity index (χ2n) is 6.92. The number of nitrogens with zero attached hydrogens (tertiary/aromatic N) is 5. The number of piperidine rings is 1. The van der Waals surface area contributed by atoms with E-state index in [1.165, 1.54) is 0 Å². The van der Waals surface area contributed by atoms with E-state index >= 15 is 0 Å². The molecule has 0 spiro atoms. The van der Waals surface area contributed by atoms with Crippen LogP contribution in [-0.2, 0) is 6.54 Å². The van der Waals surface area contributed by atoms with E-state index in [2.05, 4.69) is 28.6 Å². The zero-order valence-corrected chi connectivity index (χ0v) is 15.7. The summed E-state index contributed by atoms with van der Waals surface area (Å²) in [4.78, 5) is 21.1. The number of carbonyl (C=O) groups is 1. The van der Waals surface area contributed by atoms with Crippen molar-refractivity contribution in [2.75, 3.05) is 32.1 Å². The molecular formula is C18H27N5O2. The number of rotatable bonds is 4. The highest BCUT2D eigenvalue weighted by Gasteiger charge is 2.29. The van der Waals surface area contributed by atoms with Gasteiger partial charge >= 0.3 is 0 Å². The van der Waals surface area contributed by atoms with Crippen molar-refractivity contribution in [3.8, 4) is 0 Å². The lowest BCUT2D eigenvalue weighted by Gasteiger charge is -2.30. The number of hydrogen-bond acceptors (Lipinski definition) is 5. The lowest BCUT2D eigenvalue weighted by molar-refractivity contribution is 0.0703. The Balaban J connectivity index is 1.66. The van der Waals surface area contributed by atoms with Gasteiger partial charge in [-0.1, -0.05) is 0 Å². The van der Waals surface area contributed by atoms with Gasteiger partial charge in [0.1, 0.15) is 0 Å². The van der Waals surface area contributed by atoms with Crippen LogP contribution in [0.15, 0.2) is 10.6 Å². The molecule has 2 aromatic heterocycles. The highest BCUT2D eigenvalue weighted by atomic mass is 16.5. The molecule has 3 rings (SSSR count). The fraction of sp³-hybridized carbons (Fsp3) is 0.611. The van der Waals surface area contributed by atoms with Crippen LogP contribution in [0.5, 0.6) is 0 Å². The van der Waals surface area contributed by atoms with Crippen LogP contribution in [0.2, 0.25) is 0 Å². The molecular weight excluding hydrogens is 318 g/mol. The number of aromatic nitrogens is 3. The minimum atomic E-state index is 0.130. The molecule has 0 aromatic carbocycles. The molecule has 0 bridgehead atoms. The summed E-state index contributed by atoms with van der Waals surface area (Å²) in [6, 6.07) is 2.01. The maximum Gasteiger partial charge on any atom is 0.265 e. The third-order valence-corrected chi connectivity index (χ3v) is 5.08. The van der Waals surface area contributed by atoms with Gasteiger partial charge in [0.2, 0.25) is 5.89 Å². The quantitative estimate of drug-likeness (QED) is 0.852. The summed E-state index contributed by atoms with van der Waals surface area (Å²) in [6.45, 7) is 8.51. The topological polar surface area (TPSA) is 67.4 Å². The molecule has 0 unspecified atom stereocenters. The maximum absolute atomic E-state index is 12.9. The first kappa shape index (κ1) is 17.5. The Labute approximate surface area is 148 Å². The molecule has 1 fully saturated rings. The van der Waals surface area contributed by atoms with Crippen molar-refractivity contribution in [1.29, 1.82) is 0 Å². The molecule has 7 nitrogen and oxygen atoms in total. The summed E-state index contributed by atoms with van der Waals surface area (Å²) in [6.07, 6.45) is 1.71. The highest BCUT2D eigenvalue weighted by molar-refractivity contribution is 5.95. The van der Waals surface area contributed by atoms with Gasteiger partial charge in [0.15, 0.2) is 0 Å². The van der Waals surface area contributed by atoms with Crippen LogP contribution in [0.1, 0.15) is 53.3 Å². The first-order chi connectivity index (χ1) is 11.9. The van der Waals surface area contributed by atoms with Crippen LogP contribution in [0, 0.1) is 13.8 Å². The van der Waals surface area contributed by atoms with Crippen molar-refractivity contribution in [3.63, 3.8) is 0 Å². The van der Waals surface area contributed by atoms with Gasteiger partial charge in [-0.15, -0.1) is 0 Å². The summed E-state index contributed by atoms with van der Waals surface area (Å²) in [5.74, 6) is 1.64. The third-order valence-electron chi connectivity index (χ3n) is 5.08. The molecule has 136 valence electrons. The molecule has 0 aliphatic carbocycles. The Bertz CT molecular complexity index is 754. The first-order valence-electron chi connectivity index (χ1n) is 8.89. The summed E-state index contributed by atoms with van der Waals surface area (Å²) < 4.78 is 7.57. The van der Waals surface area contributed by atoms with Crippen molar-refractivity contribution in [1.82, 2.24) is 19.6 Å². The van der Waals surface area contributed by atoms with E-state index in [0.717, 1.165) is 49.4 Å². The van der Waals surface area contributed by atoms with E-state index in [9.17, 15) is 4.79 Å². The van der Waals surface area contributed by atoms with Crippen molar-refractivity contribution in [3.05, 3.63) is 28.9 Å². The molecule has 2 aromatic rings. The van der Waals surface area contributed by atoms with E-state index in [1.54, 1.807) is 0 Å². The monoisotopic (exact) mass is 345 g/mol. The molecule has 1 aliphatic heterocycles. The van der Waals surface area contributed by atoms with Crippen LogP contribution >= 0.6 is 0 Å². The predicted octanol–water partition coefficient (Wildman–Crippen LogP) is 2.59. The van der Waals surface area contributed by atoms with Crippen LogP contribution < -0.4 is 4.90 Å². The van der Waals surface area contributed by atoms with Gasteiger partial charge in [-0.05, 0) is 44.8 Å². The minimum Gasteiger partial charge on any atom is -0.349 e. The van der Waals surface area contributed by atoms with Gasteiger partial charge in [-0.25, -0.2) is 0 Å². The van der Waals surface area contributed by atoms with Crippen molar-refractivity contribution in [2.45, 2.75) is 46.1 Å². The fourth-order valence-corrected chi connectivity index (χ4v) is 3.58. The lowest BCUT2D eigenvalue weighted by atomic mass is 9.96. The standard InChI is InChI=1S/C18H27N5O2/c1-6-23-12(2)11-15(13(23)3)17(24)22-9-7-14(8-10-22)16-19-18(20-25-16)21(4)5/h11,14H,6-10H2,1-5H3. The molecule has 25 heavy (non-hydrogen) atoms. The van der Waals surface area contributed by atoms with Crippen LogP contribution in [0.25, 0.3) is 0 Å². The van der Waals surface area contributed by atoms with Gasteiger partial charge in [0.25, 0.3) is 11.9 Å². The van der Waals surface area contributed by atoms with E-state index in [-0.39, 0.29) is 11.8 Å². The Kier molecular flexibility index (Phi) is 4.83. The van der Waals surface area contributed by atoms with Gasteiger partial charge in [0, 0.05) is 51.0 Å². The Morgan fingerprint density at radius 3 is 2.52 bits per heavy atom. The van der Waals surface area contributed by atoms with Crippen molar-refractivity contribution in [2.24, 2.45) is 0 Å². The lowest BCUT2D eigenvalue weighted by Crippen LogP contribution is -2.38. The average molecular weight is 345 g/mol. The molecule has 0 saturated carbocycles. The normalized spacial score (nSPS) is 15.6. The number of anilines is 1. The van der Waals surface area contributed by atoms with Crippen LogP contribution in [-0.4, -0.2) is 52.7 Å². The molecule has 3 heterocycles. The number of aryl methyl sites for hydroxylation is 1. The molecule has 1 aliphatic rings. The Morgan fingerprint density at radius 2 is 2.00 bits per heavy atom. The van der Waals surface area contributed by atoms with E-state index in [0.29, 0.717) is 11.8 Å². The van der Waals surface area contributed by atoms with Gasteiger partial charge in [-0.3, -0.25) is 4.79 Å². The zero-order valence-electron chi connectivity index (χ0n) is 15.7. The zero-order chi connectivity index (χ0) is 18.1. The second-order valence-corrected chi connectivity index (χ2v) is 6.92. The first-order valence-corrected chi connectivity index (χ1v) is 8.89. The Morgan fingerprint density at radius 1 is 1.32 bits per heavy atom. The Hall–Kier alpha value is -2.31. The second kappa shape index (κ2) is 6.90. The van der Waals surface area contributed by atoms with E-state index < -0.39 is 0 Å². The average Bonchev–Trinajstić information content (AvgIpc) is 3.19. The summed E-state index contributed by atoms with van der Waals surface area (Å²) in [5.41, 5.74) is 3.02. The van der Waals surface area contributed by atoms with E-state index in [1.807, 2.05) is 36.9 Å². The number of carbonyl (C=O) groups excluding carboxylic acids is 1. The molecule has 0 atom stereocenters. The van der Waals surface area contributed by atoms with Crippen LogP contribution in [0.4, 0.5) is 5.95 Å². The third kappa shape index (κ3) is 3.27. The number of hydrogen-bond donors (Lipinski definition) is 0. The number of likely N-dealkylation sites (tertiary alicyclic amines) is 1. The molecule has 7 heteroatoms. The highest BCUT2D eigenvalue weighted by Crippen LogP contribution is 2.29. The minimum absolute atomic E-state index is 0.130. The smallest absolute Gasteiger partial charge is 0.265 e. The van der Waals surface area contributed by atoms with Crippen molar-refractivity contribution >= 4 is 11.9 Å². The predicted molar refractivity (Wildman–Crippen MR) is 96.1 cm³/mol. The van der Waals surface area contributed by atoms with E-state index in [4.69, 9.17) is 4.52 Å². The molecule has 1 amide bonds. The molecule has 0 N–H and O–H groups in total. The maximum atomic E-state index is 12.9. The summed E-state index contributed by atoms with van der Waals surface area (Å²) >= 11 is 0. The van der Waals surface area contributed by atoms with Gasteiger partial charge < -0.3 is 18.9 Å². The van der Waals surface area contributed by atoms with Gasteiger partial charge in [0.05, 0.1) is 5.56 Å². The molecule has 1 saturated heterocycles.